The van der Waals surface area contributed by atoms with Gasteiger partial charge in [0.25, 0.3) is 11.6 Å². The lowest BCUT2D eigenvalue weighted by Gasteiger charge is -2.34. The monoisotopic (exact) mass is 400 g/mol. The molecule has 3 amide bonds. The van der Waals surface area contributed by atoms with Crippen molar-refractivity contribution in [2.75, 3.05) is 18.4 Å². The molecule has 0 aromatic heterocycles. The summed E-state index contributed by atoms with van der Waals surface area (Å²) in [5, 5.41) is 16.0. The number of carbonyl (C=O) groups is 3. The molecule has 2 N–H and O–H groups in total. The molecule has 150 valence electrons. The smallest absolute Gasteiger partial charge is 0.271 e. The van der Waals surface area contributed by atoms with E-state index in [2.05, 4.69) is 10.6 Å². The Bertz CT molecular complexity index is 963. The van der Waals surface area contributed by atoms with Gasteiger partial charge in [-0.05, 0) is 30.3 Å². The average molecular weight is 400 g/mol. The highest BCUT2D eigenvalue weighted by atomic mass is 19.1. The highest BCUT2D eigenvalue weighted by molar-refractivity contribution is 6.01. The molecule has 2 aromatic rings. The van der Waals surface area contributed by atoms with E-state index in [1.165, 1.54) is 41.3 Å². The van der Waals surface area contributed by atoms with Gasteiger partial charge in [0.15, 0.2) is 0 Å². The van der Waals surface area contributed by atoms with Crippen LogP contribution in [0.1, 0.15) is 16.8 Å². The second kappa shape index (κ2) is 8.46. The number of non-ortho nitro benzene ring substituents is 1. The van der Waals surface area contributed by atoms with Crippen molar-refractivity contribution in [2.45, 2.75) is 12.5 Å². The van der Waals surface area contributed by atoms with E-state index in [9.17, 15) is 28.9 Å². The first-order chi connectivity index (χ1) is 13.8. The maximum atomic E-state index is 13.1. The van der Waals surface area contributed by atoms with Crippen molar-refractivity contribution in [3.8, 4) is 0 Å². The van der Waals surface area contributed by atoms with Crippen LogP contribution >= 0.6 is 0 Å². The zero-order valence-electron chi connectivity index (χ0n) is 15.1. The number of hydrogen-bond donors (Lipinski definition) is 2. The van der Waals surface area contributed by atoms with Gasteiger partial charge in [-0.1, -0.05) is 6.07 Å². The number of anilines is 1. The maximum Gasteiger partial charge on any atom is 0.271 e. The van der Waals surface area contributed by atoms with Crippen molar-refractivity contribution in [3.05, 3.63) is 70.0 Å². The lowest BCUT2D eigenvalue weighted by Crippen LogP contribution is -2.58. The van der Waals surface area contributed by atoms with Crippen LogP contribution in [0.3, 0.4) is 0 Å². The van der Waals surface area contributed by atoms with Gasteiger partial charge in [0, 0.05) is 36.5 Å². The number of hydrogen-bond acceptors (Lipinski definition) is 5. The molecular weight excluding hydrogens is 383 g/mol. The van der Waals surface area contributed by atoms with Gasteiger partial charge in [0.05, 0.1) is 11.3 Å². The summed E-state index contributed by atoms with van der Waals surface area (Å²) in [6, 6.07) is 9.23. The maximum absolute atomic E-state index is 13.1. The molecule has 0 saturated carbocycles. The van der Waals surface area contributed by atoms with Crippen LogP contribution in [0.25, 0.3) is 0 Å². The largest absolute Gasteiger partial charge is 0.353 e. The number of nitro groups is 1. The van der Waals surface area contributed by atoms with Crippen molar-refractivity contribution in [2.24, 2.45) is 0 Å². The first-order valence-electron chi connectivity index (χ1n) is 8.73. The van der Waals surface area contributed by atoms with Gasteiger partial charge in [0.2, 0.25) is 11.8 Å². The summed E-state index contributed by atoms with van der Waals surface area (Å²) in [7, 11) is 0. The van der Waals surface area contributed by atoms with Crippen molar-refractivity contribution < 1.29 is 23.7 Å². The van der Waals surface area contributed by atoms with E-state index in [0.717, 1.165) is 12.1 Å². The number of benzene rings is 2. The number of amides is 3. The molecule has 1 atom stereocenters. The fourth-order valence-electron chi connectivity index (χ4n) is 3.00. The highest BCUT2D eigenvalue weighted by Crippen LogP contribution is 2.19. The molecule has 29 heavy (non-hydrogen) atoms. The number of rotatable bonds is 5. The molecule has 1 saturated heterocycles. The van der Waals surface area contributed by atoms with E-state index < -0.39 is 34.5 Å². The Balaban J connectivity index is 1.73. The molecule has 0 spiro atoms. The lowest BCUT2D eigenvalue weighted by atomic mass is 10.1. The predicted molar refractivity (Wildman–Crippen MR) is 101 cm³/mol. The average Bonchev–Trinajstić information content (AvgIpc) is 2.69. The van der Waals surface area contributed by atoms with E-state index in [1.807, 2.05) is 0 Å². The van der Waals surface area contributed by atoms with Gasteiger partial charge in [-0.3, -0.25) is 24.5 Å². The second-order valence-corrected chi connectivity index (χ2v) is 6.37. The second-order valence-electron chi connectivity index (χ2n) is 6.37. The van der Waals surface area contributed by atoms with Crippen LogP contribution in [0.5, 0.6) is 0 Å². The first-order valence-corrected chi connectivity index (χ1v) is 8.73. The number of carbonyl (C=O) groups excluding carboxylic acids is 3. The number of nitrogens with zero attached hydrogens (tertiary/aromatic N) is 2. The zero-order valence-corrected chi connectivity index (χ0v) is 15.1. The molecule has 0 radical (unpaired) electrons. The Labute approximate surface area is 164 Å². The van der Waals surface area contributed by atoms with Crippen molar-refractivity contribution in [1.82, 2.24) is 10.2 Å². The minimum Gasteiger partial charge on any atom is -0.353 e. The normalized spacial score (nSPS) is 16.1. The van der Waals surface area contributed by atoms with Crippen molar-refractivity contribution in [3.63, 3.8) is 0 Å². The van der Waals surface area contributed by atoms with Gasteiger partial charge >= 0.3 is 0 Å². The highest BCUT2D eigenvalue weighted by Gasteiger charge is 2.35. The third-order valence-electron chi connectivity index (χ3n) is 4.40. The molecule has 1 unspecified atom stereocenters. The fourth-order valence-corrected chi connectivity index (χ4v) is 3.00. The molecule has 1 fully saturated rings. The van der Waals surface area contributed by atoms with E-state index in [4.69, 9.17) is 0 Å². The van der Waals surface area contributed by atoms with Crippen LogP contribution in [-0.4, -0.2) is 46.7 Å². The molecule has 10 heteroatoms. The summed E-state index contributed by atoms with van der Waals surface area (Å²) in [6.07, 6.45) is -0.332. The predicted octanol–water partition coefficient (Wildman–Crippen LogP) is 1.70. The number of piperazine rings is 1. The van der Waals surface area contributed by atoms with Crippen LogP contribution in [0, 0.1) is 15.9 Å². The van der Waals surface area contributed by atoms with E-state index in [-0.39, 0.29) is 36.4 Å². The van der Waals surface area contributed by atoms with Crippen LogP contribution in [0.4, 0.5) is 15.8 Å². The van der Waals surface area contributed by atoms with Crippen molar-refractivity contribution >= 4 is 29.1 Å². The Kier molecular flexibility index (Phi) is 5.82. The molecule has 1 heterocycles. The molecule has 9 nitrogen and oxygen atoms in total. The fraction of sp³-hybridized carbons (Fsp3) is 0.211. The molecule has 3 rings (SSSR count). The van der Waals surface area contributed by atoms with Crippen LogP contribution < -0.4 is 10.6 Å². The summed E-state index contributed by atoms with van der Waals surface area (Å²) in [4.78, 5) is 49.0. The Hall–Kier alpha value is -3.82. The standard InChI is InChI=1S/C19H17FN4O5/c20-13-6-4-12(5-7-13)19(27)23-9-8-21-18(26)16(23)11-17(25)22-14-2-1-3-15(10-14)24(28)29/h1-7,10,16H,8-9,11H2,(H,21,26)(H,22,25). The first kappa shape index (κ1) is 19.9. The van der Waals surface area contributed by atoms with Gasteiger partial charge in [-0.25, -0.2) is 4.39 Å². The Morgan fingerprint density at radius 1 is 1.24 bits per heavy atom. The lowest BCUT2D eigenvalue weighted by molar-refractivity contribution is -0.384. The van der Waals surface area contributed by atoms with E-state index in [1.54, 1.807) is 0 Å². The third-order valence-corrected chi connectivity index (χ3v) is 4.40. The molecular formula is C19H17FN4O5. The SMILES string of the molecule is O=C(CC1C(=O)NCCN1C(=O)c1ccc(F)cc1)Nc1cccc([N+](=O)[O-])c1. The Morgan fingerprint density at radius 2 is 1.97 bits per heavy atom. The quantitative estimate of drug-likeness (QED) is 0.584. The number of nitro benzene ring substituents is 1. The van der Waals surface area contributed by atoms with E-state index >= 15 is 0 Å². The number of nitrogens with one attached hydrogen (secondary N) is 2. The van der Waals surface area contributed by atoms with E-state index in [0.29, 0.717) is 0 Å². The summed E-state index contributed by atoms with van der Waals surface area (Å²) < 4.78 is 13.1. The summed E-state index contributed by atoms with van der Waals surface area (Å²) >= 11 is 0. The summed E-state index contributed by atoms with van der Waals surface area (Å²) in [6.45, 7) is 0.422. The van der Waals surface area contributed by atoms with Gasteiger partial charge in [-0.2, -0.15) is 0 Å². The molecule has 1 aliphatic rings. The number of halogens is 1. The zero-order chi connectivity index (χ0) is 21.0. The van der Waals surface area contributed by atoms with Crippen LogP contribution in [0.15, 0.2) is 48.5 Å². The summed E-state index contributed by atoms with van der Waals surface area (Å²) in [5.41, 5.74) is 0.216. The van der Waals surface area contributed by atoms with Gasteiger partial charge in [0.1, 0.15) is 11.9 Å². The van der Waals surface area contributed by atoms with Gasteiger partial charge < -0.3 is 15.5 Å². The minimum absolute atomic E-state index is 0.189. The third kappa shape index (κ3) is 4.72. The molecule has 1 aliphatic heterocycles. The molecule has 0 bridgehead atoms. The van der Waals surface area contributed by atoms with Crippen LogP contribution in [-0.2, 0) is 9.59 Å². The van der Waals surface area contributed by atoms with Crippen molar-refractivity contribution in [1.29, 1.82) is 0 Å². The molecule has 0 aliphatic carbocycles. The minimum atomic E-state index is -1.06. The molecule has 2 aromatic carbocycles. The Morgan fingerprint density at radius 3 is 2.66 bits per heavy atom. The summed E-state index contributed by atoms with van der Waals surface area (Å²) in [5.74, 6) is -2.05. The van der Waals surface area contributed by atoms with Gasteiger partial charge in [-0.15, -0.1) is 0 Å². The van der Waals surface area contributed by atoms with Crippen LogP contribution in [0.2, 0.25) is 0 Å². The topological polar surface area (TPSA) is 122 Å².